The molecule has 0 aromatic rings. The smallest absolute Gasteiger partial charge is 0.0473 e. The summed E-state index contributed by atoms with van der Waals surface area (Å²) in [6.45, 7) is 6.54. The molecule has 0 spiro atoms. The molecule has 1 fully saturated rings. The lowest BCUT2D eigenvalue weighted by molar-refractivity contribution is 0.117. The van der Waals surface area contributed by atoms with Gasteiger partial charge < -0.3 is 10.1 Å². The van der Waals surface area contributed by atoms with Gasteiger partial charge in [-0.2, -0.15) is 11.8 Å². The van der Waals surface area contributed by atoms with Gasteiger partial charge in [0.05, 0.1) is 0 Å². The van der Waals surface area contributed by atoms with Crippen molar-refractivity contribution in [3.05, 3.63) is 0 Å². The van der Waals surface area contributed by atoms with Gasteiger partial charge in [-0.1, -0.05) is 6.92 Å². The van der Waals surface area contributed by atoms with Crippen molar-refractivity contribution in [2.24, 2.45) is 5.92 Å². The number of piperidine rings is 1. The van der Waals surface area contributed by atoms with Crippen LogP contribution in [0.5, 0.6) is 0 Å². The van der Waals surface area contributed by atoms with Gasteiger partial charge in [0.15, 0.2) is 0 Å². The van der Waals surface area contributed by atoms with Crippen molar-refractivity contribution in [3.8, 4) is 0 Å². The van der Waals surface area contributed by atoms with Gasteiger partial charge in [0.2, 0.25) is 0 Å². The maximum atomic E-state index is 5.64. The van der Waals surface area contributed by atoms with Gasteiger partial charge in [-0.05, 0) is 56.2 Å². The van der Waals surface area contributed by atoms with Crippen molar-refractivity contribution >= 4 is 11.8 Å². The van der Waals surface area contributed by atoms with E-state index in [2.05, 4.69) is 12.2 Å². The predicted molar refractivity (Wildman–Crippen MR) is 68.6 cm³/mol. The molecular formula is C12H25NOS. The lowest BCUT2D eigenvalue weighted by atomic mass is 9.97. The standard InChI is InChI=1S/C12H25NOS/c1-2-15-10-4-8-14-9-6-12-5-3-7-13-11-12/h12-13H,2-11H2,1H3. The van der Waals surface area contributed by atoms with E-state index in [9.17, 15) is 0 Å². The van der Waals surface area contributed by atoms with Gasteiger partial charge in [-0.3, -0.25) is 0 Å². The first-order chi connectivity index (χ1) is 7.43. The Kier molecular flexibility index (Phi) is 8.44. The fourth-order valence-electron chi connectivity index (χ4n) is 1.93. The Morgan fingerprint density at radius 1 is 1.40 bits per heavy atom. The molecule has 15 heavy (non-hydrogen) atoms. The Balaban J connectivity index is 1.79. The zero-order valence-electron chi connectivity index (χ0n) is 9.96. The van der Waals surface area contributed by atoms with Crippen LogP contribution in [0.1, 0.15) is 32.6 Å². The number of rotatable bonds is 8. The average molecular weight is 231 g/mol. The summed E-state index contributed by atoms with van der Waals surface area (Å²) in [7, 11) is 0. The highest BCUT2D eigenvalue weighted by atomic mass is 32.2. The van der Waals surface area contributed by atoms with Gasteiger partial charge in [-0.15, -0.1) is 0 Å². The summed E-state index contributed by atoms with van der Waals surface area (Å²) in [5.74, 6) is 3.35. The molecule has 0 saturated carbocycles. The van der Waals surface area contributed by atoms with Crippen molar-refractivity contribution in [2.45, 2.75) is 32.6 Å². The molecule has 1 aliphatic heterocycles. The molecule has 0 aliphatic carbocycles. The Hall–Kier alpha value is 0.270. The normalized spacial score (nSPS) is 21.8. The fourth-order valence-corrected chi connectivity index (χ4v) is 2.54. The SMILES string of the molecule is CCSCCCOCCC1CCCNC1. The van der Waals surface area contributed by atoms with E-state index in [0.717, 1.165) is 19.1 Å². The van der Waals surface area contributed by atoms with Gasteiger partial charge in [0.1, 0.15) is 0 Å². The van der Waals surface area contributed by atoms with Gasteiger partial charge in [0.25, 0.3) is 0 Å². The highest BCUT2D eigenvalue weighted by molar-refractivity contribution is 7.99. The maximum Gasteiger partial charge on any atom is 0.0473 e. The number of thioether (sulfide) groups is 1. The second kappa shape index (κ2) is 9.49. The van der Waals surface area contributed by atoms with Crippen LogP contribution in [0, 0.1) is 5.92 Å². The van der Waals surface area contributed by atoms with Gasteiger partial charge in [0, 0.05) is 13.2 Å². The summed E-state index contributed by atoms with van der Waals surface area (Å²) in [5.41, 5.74) is 0. The molecule has 2 nitrogen and oxygen atoms in total. The van der Waals surface area contributed by atoms with E-state index >= 15 is 0 Å². The van der Waals surface area contributed by atoms with Gasteiger partial charge >= 0.3 is 0 Å². The van der Waals surface area contributed by atoms with Gasteiger partial charge in [-0.25, -0.2) is 0 Å². The highest BCUT2D eigenvalue weighted by Gasteiger charge is 2.11. The number of hydrogen-bond donors (Lipinski definition) is 1. The minimum atomic E-state index is 0.865. The van der Waals surface area contributed by atoms with E-state index in [-0.39, 0.29) is 0 Å². The summed E-state index contributed by atoms with van der Waals surface area (Å²) >= 11 is 2.00. The summed E-state index contributed by atoms with van der Waals surface area (Å²) in [4.78, 5) is 0. The monoisotopic (exact) mass is 231 g/mol. The third-order valence-corrected chi connectivity index (χ3v) is 3.84. The number of hydrogen-bond acceptors (Lipinski definition) is 3. The lowest BCUT2D eigenvalue weighted by Crippen LogP contribution is -2.30. The average Bonchev–Trinajstić information content (AvgIpc) is 2.29. The molecule has 1 rings (SSSR count). The van der Waals surface area contributed by atoms with Crippen LogP contribution in [0.4, 0.5) is 0 Å². The molecule has 1 aliphatic rings. The van der Waals surface area contributed by atoms with E-state index in [1.165, 1.54) is 50.3 Å². The van der Waals surface area contributed by atoms with Crippen molar-refractivity contribution in [2.75, 3.05) is 37.8 Å². The third kappa shape index (κ3) is 7.20. The van der Waals surface area contributed by atoms with Crippen LogP contribution in [0.2, 0.25) is 0 Å². The van der Waals surface area contributed by atoms with E-state index in [0.29, 0.717) is 0 Å². The van der Waals surface area contributed by atoms with Crippen molar-refractivity contribution in [1.82, 2.24) is 5.32 Å². The molecule has 0 aromatic carbocycles. The molecular weight excluding hydrogens is 206 g/mol. The molecule has 1 N–H and O–H groups in total. The molecule has 0 aromatic heterocycles. The zero-order valence-corrected chi connectivity index (χ0v) is 10.8. The fraction of sp³-hybridized carbons (Fsp3) is 1.00. The van der Waals surface area contributed by atoms with Crippen LogP contribution in [-0.4, -0.2) is 37.8 Å². The molecule has 90 valence electrons. The van der Waals surface area contributed by atoms with Crippen molar-refractivity contribution in [1.29, 1.82) is 0 Å². The summed E-state index contributed by atoms with van der Waals surface area (Å²) in [5, 5.41) is 3.44. The minimum Gasteiger partial charge on any atom is -0.381 e. The van der Waals surface area contributed by atoms with E-state index in [1.807, 2.05) is 11.8 Å². The van der Waals surface area contributed by atoms with Crippen LogP contribution in [0.25, 0.3) is 0 Å². The summed E-state index contributed by atoms with van der Waals surface area (Å²) in [6, 6.07) is 0. The molecule has 0 bridgehead atoms. The molecule has 1 saturated heterocycles. The largest absolute Gasteiger partial charge is 0.381 e. The predicted octanol–water partition coefficient (Wildman–Crippen LogP) is 2.54. The molecule has 0 radical (unpaired) electrons. The molecule has 3 heteroatoms. The van der Waals surface area contributed by atoms with Crippen molar-refractivity contribution < 1.29 is 4.74 Å². The zero-order chi connectivity index (χ0) is 10.8. The van der Waals surface area contributed by atoms with Crippen LogP contribution in [0.3, 0.4) is 0 Å². The molecule has 0 amide bonds. The Morgan fingerprint density at radius 2 is 2.33 bits per heavy atom. The third-order valence-electron chi connectivity index (χ3n) is 2.85. The first-order valence-electron chi connectivity index (χ1n) is 6.29. The van der Waals surface area contributed by atoms with Crippen molar-refractivity contribution in [3.63, 3.8) is 0 Å². The quantitative estimate of drug-likeness (QED) is 0.649. The van der Waals surface area contributed by atoms with Crippen LogP contribution in [-0.2, 0) is 4.74 Å². The number of ether oxygens (including phenoxy) is 1. The number of nitrogens with one attached hydrogen (secondary N) is 1. The maximum absolute atomic E-state index is 5.64. The Bertz CT molecular complexity index is 138. The molecule has 1 heterocycles. The Morgan fingerprint density at radius 3 is 3.07 bits per heavy atom. The lowest BCUT2D eigenvalue weighted by Gasteiger charge is -2.22. The minimum absolute atomic E-state index is 0.865. The highest BCUT2D eigenvalue weighted by Crippen LogP contribution is 2.13. The Labute approximate surface area is 98.5 Å². The first kappa shape index (κ1) is 13.3. The second-order valence-corrected chi connectivity index (χ2v) is 5.56. The van der Waals surface area contributed by atoms with Crippen LogP contribution >= 0.6 is 11.8 Å². The first-order valence-corrected chi connectivity index (χ1v) is 7.45. The van der Waals surface area contributed by atoms with E-state index in [4.69, 9.17) is 4.74 Å². The molecule has 1 atom stereocenters. The topological polar surface area (TPSA) is 21.3 Å². The van der Waals surface area contributed by atoms with E-state index in [1.54, 1.807) is 0 Å². The second-order valence-electron chi connectivity index (χ2n) is 4.16. The summed E-state index contributed by atoms with van der Waals surface area (Å²) in [6.07, 6.45) is 5.19. The van der Waals surface area contributed by atoms with Crippen LogP contribution < -0.4 is 5.32 Å². The van der Waals surface area contributed by atoms with Crippen LogP contribution in [0.15, 0.2) is 0 Å². The van der Waals surface area contributed by atoms with E-state index < -0.39 is 0 Å². The molecule has 1 unspecified atom stereocenters. The summed E-state index contributed by atoms with van der Waals surface area (Å²) < 4.78 is 5.64.